The normalized spacial score (nSPS) is 12.2. The van der Waals surface area contributed by atoms with Gasteiger partial charge in [-0.25, -0.2) is 9.59 Å². The first-order valence-corrected chi connectivity index (χ1v) is 10.3. The molecule has 1 aliphatic carbocycles. The number of amides is 1. The Kier molecular flexibility index (Phi) is 5.47. The van der Waals surface area contributed by atoms with Gasteiger partial charge in [-0.15, -0.1) is 0 Å². The van der Waals surface area contributed by atoms with Crippen LogP contribution in [-0.2, 0) is 4.74 Å². The van der Waals surface area contributed by atoms with Crippen molar-refractivity contribution in [3.8, 4) is 11.1 Å². The number of hydrogen-bond acceptors (Lipinski definition) is 3. The molecule has 0 spiro atoms. The molecule has 1 aliphatic rings. The SMILES string of the molecule is O=C(Nc1cc(I)c(Cl)c(C(=O)O)c1)OCC1c2ccccc2-c2ccccc21. The fraction of sp³-hybridized carbons (Fsp3) is 0.0909. The lowest BCUT2D eigenvalue weighted by Crippen LogP contribution is -2.18. The number of carbonyl (C=O) groups excluding carboxylic acids is 1. The molecule has 0 aliphatic heterocycles. The first-order valence-electron chi connectivity index (χ1n) is 8.80. The molecule has 0 unspecified atom stereocenters. The van der Waals surface area contributed by atoms with E-state index in [0.717, 1.165) is 22.3 Å². The number of anilines is 1. The number of hydrogen-bond donors (Lipinski definition) is 2. The van der Waals surface area contributed by atoms with Crippen molar-refractivity contribution in [2.45, 2.75) is 5.92 Å². The Morgan fingerprint density at radius 3 is 2.21 bits per heavy atom. The van der Waals surface area contributed by atoms with Gasteiger partial charge in [-0.3, -0.25) is 5.32 Å². The van der Waals surface area contributed by atoms with Crippen molar-refractivity contribution in [1.82, 2.24) is 0 Å². The summed E-state index contributed by atoms with van der Waals surface area (Å²) in [7, 11) is 0. The molecule has 3 aromatic carbocycles. The Hall–Kier alpha value is -2.58. The number of fused-ring (bicyclic) bond motifs is 3. The standard InChI is InChI=1S/C22H15ClINO4/c23-20-17(21(26)27)9-12(10-19(20)24)25-22(28)29-11-18-15-7-3-1-5-13(15)14-6-2-4-8-16(14)18/h1-10,18H,11H2,(H,25,28)(H,26,27). The summed E-state index contributed by atoms with van der Waals surface area (Å²) in [6.07, 6.45) is -0.652. The fourth-order valence-electron chi connectivity index (χ4n) is 3.57. The minimum Gasteiger partial charge on any atom is -0.478 e. The first-order chi connectivity index (χ1) is 14.0. The lowest BCUT2D eigenvalue weighted by Gasteiger charge is -2.15. The largest absolute Gasteiger partial charge is 0.478 e. The maximum atomic E-state index is 12.4. The zero-order chi connectivity index (χ0) is 20.5. The predicted molar refractivity (Wildman–Crippen MR) is 120 cm³/mol. The lowest BCUT2D eigenvalue weighted by molar-refractivity contribution is 0.0697. The Morgan fingerprint density at radius 2 is 1.62 bits per heavy atom. The number of halogens is 2. The molecule has 0 saturated heterocycles. The summed E-state index contributed by atoms with van der Waals surface area (Å²) in [6.45, 7) is 0.177. The van der Waals surface area contributed by atoms with Crippen LogP contribution in [-0.4, -0.2) is 23.8 Å². The van der Waals surface area contributed by atoms with Crippen molar-refractivity contribution < 1.29 is 19.4 Å². The van der Waals surface area contributed by atoms with Crippen LogP contribution in [0.5, 0.6) is 0 Å². The quantitative estimate of drug-likeness (QED) is 0.414. The molecule has 4 rings (SSSR count). The average molecular weight is 520 g/mol. The van der Waals surface area contributed by atoms with Gasteiger partial charge in [0.25, 0.3) is 0 Å². The molecule has 29 heavy (non-hydrogen) atoms. The highest BCUT2D eigenvalue weighted by molar-refractivity contribution is 14.1. The molecule has 0 saturated carbocycles. The average Bonchev–Trinajstić information content (AvgIpc) is 3.03. The van der Waals surface area contributed by atoms with Crippen LogP contribution in [0, 0.1) is 3.57 Å². The number of benzene rings is 3. The number of rotatable bonds is 4. The number of ether oxygens (including phenoxy) is 1. The van der Waals surface area contributed by atoms with Gasteiger partial charge >= 0.3 is 12.1 Å². The molecule has 5 nitrogen and oxygen atoms in total. The molecule has 3 aromatic rings. The number of nitrogens with one attached hydrogen (secondary N) is 1. The third kappa shape index (κ3) is 3.82. The van der Waals surface area contributed by atoms with Gasteiger partial charge in [-0.1, -0.05) is 60.1 Å². The van der Waals surface area contributed by atoms with Gasteiger partial charge in [-0.2, -0.15) is 0 Å². The number of carboxylic acids is 1. The summed E-state index contributed by atoms with van der Waals surface area (Å²) in [4.78, 5) is 23.7. The fourth-order valence-corrected chi connectivity index (χ4v) is 4.39. The van der Waals surface area contributed by atoms with Crippen molar-refractivity contribution in [3.63, 3.8) is 0 Å². The van der Waals surface area contributed by atoms with Gasteiger partial charge in [-0.05, 0) is 57.0 Å². The Bertz CT molecular complexity index is 1090. The van der Waals surface area contributed by atoms with Crippen LogP contribution in [0.15, 0.2) is 60.7 Å². The molecule has 0 heterocycles. The highest BCUT2D eigenvalue weighted by atomic mass is 127. The van der Waals surface area contributed by atoms with Crippen LogP contribution < -0.4 is 5.32 Å². The Labute approximate surface area is 185 Å². The second-order valence-electron chi connectivity index (χ2n) is 6.58. The third-order valence-corrected chi connectivity index (χ3v) is 6.43. The van der Waals surface area contributed by atoms with Crippen LogP contribution in [0.4, 0.5) is 10.5 Å². The van der Waals surface area contributed by atoms with E-state index in [0.29, 0.717) is 9.26 Å². The zero-order valence-electron chi connectivity index (χ0n) is 15.0. The summed E-state index contributed by atoms with van der Waals surface area (Å²) in [5, 5.41) is 12.0. The topological polar surface area (TPSA) is 75.6 Å². The zero-order valence-corrected chi connectivity index (χ0v) is 17.9. The van der Waals surface area contributed by atoms with Crippen molar-refractivity contribution in [2.24, 2.45) is 0 Å². The van der Waals surface area contributed by atoms with E-state index in [4.69, 9.17) is 16.3 Å². The van der Waals surface area contributed by atoms with E-state index in [1.54, 1.807) is 6.07 Å². The monoisotopic (exact) mass is 519 g/mol. The smallest absolute Gasteiger partial charge is 0.411 e. The molecule has 0 bridgehead atoms. The lowest BCUT2D eigenvalue weighted by atomic mass is 9.98. The van der Waals surface area contributed by atoms with E-state index in [-0.39, 0.29) is 23.1 Å². The molecule has 0 aromatic heterocycles. The van der Waals surface area contributed by atoms with Crippen molar-refractivity contribution in [3.05, 3.63) is 85.9 Å². The first kappa shape index (κ1) is 19.7. The maximum Gasteiger partial charge on any atom is 0.411 e. The molecule has 146 valence electrons. The molecule has 1 amide bonds. The van der Waals surface area contributed by atoms with E-state index < -0.39 is 12.1 Å². The number of carbonyl (C=O) groups is 2. The summed E-state index contributed by atoms with van der Waals surface area (Å²) < 4.78 is 6.01. The van der Waals surface area contributed by atoms with Gasteiger partial charge in [0.2, 0.25) is 0 Å². The minimum atomic E-state index is -1.16. The summed E-state index contributed by atoms with van der Waals surface area (Å²) in [5.74, 6) is -1.21. The minimum absolute atomic E-state index is 0.0481. The van der Waals surface area contributed by atoms with Crippen LogP contribution >= 0.6 is 34.2 Å². The molecule has 2 N–H and O–H groups in total. The maximum absolute atomic E-state index is 12.4. The van der Waals surface area contributed by atoms with Crippen LogP contribution in [0.2, 0.25) is 5.02 Å². The number of aromatic carboxylic acids is 1. The van der Waals surface area contributed by atoms with Gasteiger partial charge in [0.05, 0.1) is 10.6 Å². The summed E-state index contributed by atoms with van der Waals surface area (Å²) in [6, 6.07) is 19.1. The second-order valence-corrected chi connectivity index (χ2v) is 8.12. The Morgan fingerprint density at radius 1 is 1.03 bits per heavy atom. The van der Waals surface area contributed by atoms with Gasteiger partial charge in [0, 0.05) is 15.2 Å². The van der Waals surface area contributed by atoms with E-state index in [1.807, 2.05) is 59.0 Å². The summed E-state index contributed by atoms with van der Waals surface area (Å²) in [5.41, 5.74) is 4.78. The third-order valence-electron chi connectivity index (χ3n) is 4.85. The highest BCUT2D eigenvalue weighted by Crippen LogP contribution is 2.44. The highest BCUT2D eigenvalue weighted by Gasteiger charge is 2.29. The number of carboxylic acid groups (broad SMARTS) is 1. The van der Waals surface area contributed by atoms with E-state index in [2.05, 4.69) is 17.4 Å². The van der Waals surface area contributed by atoms with Crippen LogP contribution in [0.25, 0.3) is 11.1 Å². The van der Waals surface area contributed by atoms with E-state index >= 15 is 0 Å². The van der Waals surface area contributed by atoms with Crippen LogP contribution in [0.1, 0.15) is 27.4 Å². The van der Waals surface area contributed by atoms with Gasteiger partial charge in [0.1, 0.15) is 6.61 Å². The predicted octanol–water partition coefficient (Wildman–Crippen LogP) is 6.00. The molecule has 0 atom stereocenters. The van der Waals surface area contributed by atoms with E-state index in [9.17, 15) is 14.7 Å². The molecular formula is C22H15ClINO4. The van der Waals surface area contributed by atoms with Crippen molar-refractivity contribution in [1.29, 1.82) is 0 Å². The molecule has 0 radical (unpaired) electrons. The summed E-state index contributed by atoms with van der Waals surface area (Å²) >= 11 is 7.93. The molecule has 7 heteroatoms. The van der Waals surface area contributed by atoms with Crippen LogP contribution in [0.3, 0.4) is 0 Å². The van der Waals surface area contributed by atoms with Gasteiger partial charge in [0.15, 0.2) is 0 Å². The second kappa shape index (κ2) is 8.04. The van der Waals surface area contributed by atoms with E-state index in [1.165, 1.54) is 6.07 Å². The van der Waals surface area contributed by atoms with Crippen molar-refractivity contribution >= 4 is 51.9 Å². The molecular weight excluding hydrogens is 505 g/mol. The Balaban J connectivity index is 1.51. The van der Waals surface area contributed by atoms with Crippen molar-refractivity contribution in [2.75, 3.05) is 11.9 Å². The van der Waals surface area contributed by atoms with Gasteiger partial charge < -0.3 is 9.84 Å². The molecule has 0 fully saturated rings.